The Hall–Kier alpha value is -0.644. The molecule has 25 heavy (non-hydrogen) atoms. The Bertz CT molecular complexity index is 638. The molecule has 2 atom stereocenters. The zero-order valence-electron chi connectivity index (χ0n) is 14.3. The van der Waals surface area contributed by atoms with Gasteiger partial charge >= 0.3 is 51.4 Å². The summed E-state index contributed by atoms with van der Waals surface area (Å²) in [6.07, 6.45) is 0.662. The predicted molar refractivity (Wildman–Crippen MR) is 81.5 cm³/mol. The monoisotopic (exact) mass is 373 g/mol. The first-order valence-corrected chi connectivity index (χ1v) is 8.11. The topological polar surface area (TPSA) is 99.1 Å². The number of aliphatic hydroxyl groups excluding tert-OH is 1. The van der Waals surface area contributed by atoms with Gasteiger partial charge in [-0.05, 0) is 24.1 Å². The van der Waals surface area contributed by atoms with E-state index >= 15 is 0 Å². The van der Waals surface area contributed by atoms with Crippen LogP contribution in [0.4, 0.5) is 0 Å². The quantitative estimate of drug-likeness (QED) is 0.550. The Morgan fingerprint density at radius 2 is 1.96 bits per heavy atom. The van der Waals surface area contributed by atoms with Crippen molar-refractivity contribution in [3.05, 3.63) is 23.8 Å². The summed E-state index contributed by atoms with van der Waals surface area (Å²) < 4.78 is 11.2. The number of carbonyl (C=O) groups excluding carboxylic acids is 2. The molecule has 2 aliphatic rings. The zero-order valence-corrected chi connectivity index (χ0v) is 17.4. The van der Waals surface area contributed by atoms with E-state index in [1.54, 1.807) is 0 Å². The molecular formula is C17H20KNO6. The molecular weight excluding hydrogens is 353 g/mol. The van der Waals surface area contributed by atoms with Gasteiger partial charge in [-0.2, -0.15) is 0 Å². The van der Waals surface area contributed by atoms with Crippen LogP contribution in [0.3, 0.4) is 0 Å². The summed E-state index contributed by atoms with van der Waals surface area (Å²) in [5.74, 6) is -0.257. The van der Waals surface area contributed by atoms with Gasteiger partial charge in [0.15, 0.2) is 11.5 Å². The number of carboxylic acids is 1. The number of carbonyl (C=O) groups is 2. The minimum atomic E-state index is -1.32. The van der Waals surface area contributed by atoms with Gasteiger partial charge < -0.3 is 29.4 Å². The third kappa shape index (κ3) is 5.18. The predicted octanol–water partition coefficient (Wildman–Crippen LogP) is -3.50. The van der Waals surface area contributed by atoms with Crippen LogP contribution in [0.15, 0.2) is 18.2 Å². The number of aliphatic hydroxyl groups is 1. The summed E-state index contributed by atoms with van der Waals surface area (Å²) in [6.45, 7) is 1.25. The summed E-state index contributed by atoms with van der Waals surface area (Å²) in [5, 5.41) is 20.7. The molecule has 1 fully saturated rings. The number of hydrogen-bond donors (Lipinski definition) is 1. The van der Waals surface area contributed by atoms with Crippen LogP contribution in [0, 0.1) is 0 Å². The summed E-state index contributed by atoms with van der Waals surface area (Å²) in [7, 11) is 0. The fourth-order valence-corrected chi connectivity index (χ4v) is 3.07. The van der Waals surface area contributed by atoms with Gasteiger partial charge in [0.25, 0.3) is 0 Å². The molecule has 1 aromatic rings. The van der Waals surface area contributed by atoms with E-state index in [4.69, 9.17) is 9.47 Å². The molecule has 0 radical (unpaired) electrons. The van der Waals surface area contributed by atoms with Gasteiger partial charge in [0.1, 0.15) is 0 Å². The maximum absolute atomic E-state index is 12.3. The molecule has 0 unspecified atom stereocenters. The number of aryl methyl sites for hydroxylation is 1. The van der Waals surface area contributed by atoms with E-state index in [-0.39, 0.29) is 76.7 Å². The molecule has 0 spiro atoms. The van der Waals surface area contributed by atoms with Crippen LogP contribution in [0.1, 0.15) is 24.8 Å². The van der Waals surface area contributed by atoms with Crippen LogP contribution < -0.4 is 66.0 Å². The molecule has 0 aromatic heterocycles. The number of benzene rings is 1. The van der Waals surface area contributed by atoms with E-state index in [1.165, 1.54) is 4.90 Å². The third-order valence-corrected chi connectivity index (χ3v) is 4.31. The van der Waals surface area contributed by atoms with E-state index in [2.05, 4.69) is 0 Å². The SMILES string of the molecule is O=C([O-])[C@@H]1C[C@H](O)CN1C(=O)CCc1ccc2c(c1)OCCCO2.[K+]. The second-order valence-electron chi connectivity index (χ2n) is 6.10. The van der Waals surface area contributed by atoms with E-state index in [0.717, 1.165) is 12.0 Å². The minimum absolute atomic E-state index is 0. The fourth-order valence-electron chi connectivity index (χ4n) is 3.07. The largest absolute Gasteiger partial charge is 1.00 e. The fraction of sp³-hybridized carbons (Fsp3) is 0.529. The molecule has 130 valence electrons. The molecule has 2 aliphatic heterocycles. The van der Waals surface area contributed by atoms with Crippen molar-refractivity contribution in [1.29, 1.82) is 0 Å². The number of amides is 1. The molecule has 8 heteroatoms. The molecule has 1 N–H and O–H groups in total. The third-order valence-electron chi connectivity index (χ3n) is 4.31. The number of ether oxygens (including phenoxy) is 2. The first-order valence-electron chi connectivity index (χ1n) is 8.11. The van der Waals surface area contributed by atoms with Crippen molar-refractivity contribution >= 4 is 11.9 Å². The Morgan fingerprint density at radius 3 is 2.68 bits per heavy atom. The Labute approximate surface area is 188 Å². The van der Waals surface area contributed by atoms with Gasteiger partial charge in [-0.3, -0.25) is 4.79 Å². The number of rotatable bonds is 4. The van der Waals surface area contributed by atoms with Gasteiger partial charge in [0.2, 0.25) is 5.91 Å². The van der Waals surface area contributed by atoms with E-state index in [9.17, 15) is 19.8 Å². The number of β-amino-alcohol motifs (C(OH)–C–C–N with tert-alkyl or cyclic N) is 1. The summed E-state index contributed by atoms with van der Waals surface area (Å²) in [6, 6.07) is 4.50. The second-order valence-corrected chi connectivity index (χ2v) is 6.10. The van der Waals surface area contributed by atoms with Crippen molar-refractivity contribution in [3.8, 4) is 11.5 Å². The van der Waals surface area contributed by atoms with Crippen LogP contribution in [0.2, 0.25) is 0 Å². The average Bonchev–Trinajstić information content (AvgIpc) is 2.81. The maximum atomic E-state index is 12.3. The van der Waals surface area contributed by atoms with Crippen molar-refractivity contribution in [2.45, 2.75) is 37.8 Å². The van der Waals surface area contributed by atoms with Crippen LogP contribution in [-0.4, -0.2) is 53.8 Å². The van der Waals surface area contributed by atoms with Gasteiger partial charge in [-0.25, -0.2) is 0 Å². The standard InChI is InChI=1S/C17H21NO6.K/c19-12-9-13(17(21)22)18(10-12)16(20)5-3-11-2-4-14-15(8-11)24-7-1-6-23-14;/h2,4,8,12-13,19H,1,3,5-7,9-10H2,(H,21,22);/q;+1/p-1/t12-,13-;/m0./s1. The van der Waals surface area contributed by atoms with Crippen molar-refractivity contribution in [2.24, 2.45) is 0 Å². The van der Waals surface area contributed by atoms with Gasteiger partial charge in [0.05, 0.1) is 31.3 Å². The molecule has 0 aliphatic carbocycles. The van der Waals surface area contributed by atoms with Gasteiger partial charge in [0, 0.05) is 25.8 Å². The first kappa shape index (κ1) is 20.7. The molecule has 7 nitrogen and oxygen atoms in total. The molecule has 0 saturated carbocycles. The number of fused-ring (bicyclic) bond motifs is 1. The number of likely N-dealkylation sites (tertiary alicyclic amines) is 1. The Morgan fingerprint density at radius 1 is 1.24 bits per heavy atom. The Balaban J connectivity index is 0.00000225. The summed E-state index contributed by atoms with van der Waals surface area (Å²) in [4.78, 5) is 24.6. The second kappa shape index (κ2) is 9.34. The number of aliphatic carboxylic acids is 1. The zero-order chi connectivity index (χ0) is 17.1. The average molecular weight is 373 g/mol. The van der Waals surface area contributed by atoms with Crippen molar-refractivity contribution < 1.29 is 80.7 Å². The van der Waals surface area contributed by atoms with Crippen LogP contribution >= 0.6 is 0 Å². The summed E-state index contributed by atoms with van der Waals surface area (Å²) >= 11 is 0. The van der Waals surface area contributed by atoms with Crippen LogP contribution in [0.5, 0.6) is 11.5 Å². The molecule has 2 heterocycles. The summed E-state index contributed by atoms with van der Waals surface area (Å²) in [5.41, 5.74) is 0.914. The smallest absolute Gasteiger partial charge is 0.548 e. The molecule has 1 aromatic carbocycles. The molecule has 3 rings (SSSR count). The number of nitrogens with zero attached hydrogens (tertiary/aromatic N) is 1. The number of carboxylic acid groups (broad SMARTS) is 1. The first-order chi connectivity index (χ1) is 11.5. The van der Waals surface area contributed by atoms with Crippen molar-refractivity contribution in [1.82, 2.24) is 4.90 Å². The van der Waals surface area contributed by atoms with E-state index in [1.807, 2.05) is 18.2 Å². The maximum Gasteiger partial charge on any atom is 1.00 e. The van der Waals surface area contributed by atoms with Gasteiger partial charge in [-0.15, -0.1) is 0 Å². The van der Waals surface area contributed by atoms with Crippen molar-refractivity contribution in [2.75, 3.05) is 19.8 Å². The molecule has 0 bridgehead atoms. The van der Waals surface area contributed by atoms with Gasteiger partial charge in [-0.1, -0.05) is 6.07 Å². The van der Waals surface area contributed by atoms with E-state index in [0.29, 0.717) is 31.1 Å². The normalized spacial score (nSPS) is 22.0. The molecule has 1 amide bonds. The molecule has 1 saturated heterocycles. The Kier molecular flexibility index (Phi) is 7.72. The van der Waals surface area contributed by atoms with Crippen LogP contribution in [0.25, 0.3) is 0 Å². The van der Waals surface area contributed by atoms with Crippen LogP contribution in [-0.2, 0) is 16.0 Å². The van der Waals surface area contributed by atoms with E-state index < -0.39 is 18.1 Å². The van der Waals surface area contributed by atoms with Crippen molar-refractivity contribution in [3.63, 3.8) is 0 Å². The number of hydrogen-bond acceptors (Lipinski definition) is 6. The minimum Gasteiger partial charge on any atom is -0.548 e.